The molecular formula is C10H5F2O2. The molecular weight excluding hydrogens is 190 g/mol. The summed E-state index contributed by atoms with van der Waals surface area (Å²) in [5.74, 6) is -1.81. The molecule has 0 saturated heterocycles. The molecule has 2 nitrogen and oxygen atoms in total. The first-order valence-corrected chi connectivity index (χ1v) is 3.90. The molecule has 0 aliphatic rings. The number of hydrogen-bond donors (Lipinski definition) is 0. The fraction of sp³-hybridized carbons (Fsp3) is 0.100. The Morgan fingerprint density at radius 2 is 2.07 bits per heavy atom. The zero-order valence-corrected chi connectivity index (χ0v) is 7.23. The monoisotopic (exact) mass is 195 g/mol. The van der Waals surface area contributed by atoms with Crippen molar-refractivity contribution in [1.82, 2.24) is 0 Å². The molecule has 2 aromatic rings. The van der Waals surface area contributed by atoms with Gasteiger partial charge in [-0.15, -0.1) is 0 Å². The van der Waals surface area contributed by atoms with E-state index in [1.54, 1.807) is 6.07 Å². The maximum atomic E-state index is 13.0. The summed E-state index contributed by atoms with van der Waals surface area (Å²) in [6, 6.07) is 4.23. The molecule has 1 heterocycles. The van der Waals surface area contributed by atoms with Gasteiger partial charge in [0, 0.05) is 10.9 Å². The van der Waals surface area contributed by atoms with Crippen LogP contribution in [0.2, 0.25) is 0 Å². The zero-order chi connectivity index (χ0) is 10.3. The fourth-order valence-corrected chi connectivity index (χ4v) is 1.20. The van der Waals surface area contributed by atoms with Gasteiger partial charge in [0.15, 0.2) is 11.4 Å². The number of halogens is 2. The van der Waals surface area contributed by atoms with E-state index in [1.165, 1.54) is 13.0 Å². The number of benzene rings is 1. The number of fused-ring (bicyclic) bond motifs is 1. The van der Waals surface area contributed by atoms with Crippen LogP contribution in [-0.2, 0) is 0 Å². The van der Waals surface area contributed by atoms with E-state index in [9.17, 15) is 13.6 Å². The summed E-state index contributed by atoms with van der Waals surface area (Å²) in [4.78, 5) is 11.0. The van der Waals surface area contributed by atoms with Crippen molar-refractivity contribution >= 4 is 11.0 Å². The van der Waals surface area contributed by atoms with Crippen molar-refractivity contribution in [3.63, 3.8) is 0 Å². The third-order valence-corrected chi connectivity index (χ3v) is 1.86. The zero-order valence-electron chi connectivity index (χ0n) is 7.23. The van der Waals surface area contributed by atoms with E-state index in [1.807, 2.05) is 0 Å². The van der Waals surface area contributed by atoms with Crippen molar-refractivity contribution in [3.8, 4) is 0 Å². The van der Waals surface area contributed by atoms with Gasteiger partial charge in [-0.2, -0.15) is 0 Å². The summed E-state index contributed by atoms with van der Waals surface area (Å²) in [6.45, 7) is 1.51. The number of rotatable bonds is 0. The highest BCUT2D eigenvalue weighted by Crippen LogP contribution is 2.17. The molecule has 0 N–H and O–H groups in total. The molecule has 4 heteroatoms. The van der Waals surface area contributed by atoms with E-state index in [-0.39, 0.29) is 11.0 Å². The maximum absolute atomic E-state index is 13.0. The Balaban J connectivity index is 2.96. The minimum absolute atomic E-state index is 0.218. The molecule has 0 aliphatic heterocycles. The minimum Gasteiger partial charge on any atom is -0.419 e. The lowest BCUT2D eigenvalue weighted by Gasteiger charge is -1.98. The molecule has 0 atom stereocenters. The Hall–Kier alpha value is -1.71. The summed E-state index contributed by atoms with van der Waals surface area (Å²) in [6.07, 6.45) is 0. The van der Waals surface area contributed by atoms with Gasteiger partial charge in [0.1, 0.15) is 5.82 Å². The van der Waals surface area contributed by atoms with Gasteiger partial charge in [-0.3, -0.25) is 0 Å². The van der Waals surface area contributed by atoms with E-state index < -0.39 is 17.3 Å². The molecule has 0 spiro atoms. The minimum atomic E-state index is -0.989. The molecule has 1 aromatic carbocycles. The van der Waals surface area contributed by atoms with Crippen LogP contribution in [-0.4, -0.2) is 0 Å². The standard InChI is InChI=1S/C10H5F2O2/c1-5-2-6-3-7(11)4-8(12)9(6)14-10(5)13/h2-3H,1H3. The van der Waals surface area contributed by atoms with Crippen LogP contribution in [0.25, 0.3) is 11.0 Å². The SMILES string of the molecule is Cc1cc2cc(F)[c]c(F)c2oc1=O. The van der Waals surface area contributed by atoms with Crippen molar-refractivity contribution in [2.75, 3.05) is 0 Å². The Bertz CT molecular complexity index is 558. The molecule has 2 rings (SSSR count). The fourth-order valence-electron chi connectivity index (χ4n) is 1.20. The lowest BCUT2D eigenvalue weighted by Crippen LogP contribution is -2.03. The summed E-state index contributed by atoms with van der Waals surface area (Å²) in [7, 11) is 0. The van der Waals surface area contributed by atoms with Crippen LogP contribution in [0.1, 0.15) is 5.56 Å². The molecule has 1 aromatic heterocycles. The van der Waals surface area contributed by atoms with Gasteiger partial charge >= 0.3 is 5.63 Å². The van der Waals surface area contributed by atoms with Gasteiger partial charge in [-0.25, -0.2) is 13.6 Å². The van der Waals surface area contributed by atoms with E-state index in [2.05, 4.69) is 4.42 Å². The van der Waals surface area contributed by atoms with Crippen molar-refractivity contribution in [2.24, 2.45) is 0 Å². The quantitative estimate of drug-likeness (QED) is 0.603. The van der Waals surface area contributed by atoms with Crippen molar-refractivity contribution < 1.29 is 13.2 Å². The van der Waals surface area contributed by atoms with E-state index in [0.29, 0.717) is 5.56 Å². The van der Waals surface area contributed by atoms with Crippen LogP contribution in [0.15, 0.2) is 21.3 Å². The first-order chi connectivity index (χ1) is 6.58. The van der Waals surface area contributed by atoms with Gasteiger partial charge in [-0.1, -0.05) is 0 Å². The van der Waals surface area contributed by atoms with Crippen LogP contribution < -0.4 is 5.63 Å². The topological polar surface area (TPSA) is 30.2 Å². The van der Waals surface area contributed by atoms with Crippen LogP contribution in [0.5, 0.6) is 0 Å². The second kappa shape index (κ2) is 2.90. The normalized spacial score (nSPS) is 10.8. The molecule has 1 radical (unpaired) electrons. The average molecular weight is 195 g/mol. The van der Waals surface area contributed by atoms with Crippen LogP contribution in [0.3, 0.4) is 0 Å². The molecule has 0 saturated carbocycles. The van der Waals surface area contributed by atoms with Gasteiger partial charge in [-0.05, 0) is 19.1 Å². The van der Waals surface area contributed by atoms with Crippen molar-refractivity contribution in [1.29, 1.82) is 0 Å². The Labute approximate surface area is 77.8 Å². The molecule has 71 valence electrons. The summed E-state index contributed by atoms with van der Waals surface area (Å²) >= 11 is 0. The Morgan fingerprint density at radius 3 is 2.79 bits per heavy atom. The van der Waals surface area contributed by atoms with E-state index >= 15 is 0 Å². The predicted octanol–water partition coefficient (Wildman–Crippen LogP) is 2.18. The van der Waals surface area contributed by atoms with Crippen LogP contribution in [0.4, 0.5) is 8.78 Å². The Kier molecular flexibility index (Phi) is 1.84. The molecule has 0 amide bonds. The summed E-state index contributed by atoms with van der Waals surface area (Å²) < 4.78 is 30.4. The van der Waals surface area contributed by atoms with Gasteiger partial charge in [0.05, 0.1) is 6.07 Å². The Morgan fingerprint density at radius 1 is 1.36 bits per heavy atom. The molecule has 0 fully saturated rings. The average Bonchev–Trinajstić information content (AvgIpc) is 2.08. The van der Waals surface area contributed by atoms with E-state index in [4.69, 9.17) is 0 Å². The number of hydrogen-bond acceptors (Lipinski definition) is 2. The summed E-state index contributed by atoms with van der Waals surface area (Å²) in [5, 5.41) is 0.218. The highest BCUT2D eigenvalue weighted by Gasteiger charge is 2.08. The number of aryl methyl sites for hydroxylation is 1. The summed E-state index contributed by atoms with van der Waals surface area (Å²) in [5.41, 5.74) is -0.582. The van der Waals surface area contributed by atoms with Gasteiger partial charge in [0.25, 0.3) is 0 Å². The molecule has 14 heavy (non-hydrogen) atoms. The van der Waals surface area contributed by atoms with E-state index in [0.717, 1.165) is 6.07 Å². The maximum Gasteiger partial charge on any atom is 0.339 e. The molecule has 0 aliphatic carbocycles. The highest BCUT2D eigenvalue weighted by molar-refractivity contribution is 5.77. The smallest absolute Gasteiger partial charge is 0.339 e. The predicted molar refractivity (Wildman–Crippen MR) is 46.0 cm³/mol. The third kappa shape index (κ3) is 1.28. The second-order valence-corrected chi connectivity index (χ2v) is 2.93. The van der Waals surface area contributed by atoms with Gasteiger partial charge < -0.3 is 4.42 Å². The van der Waals surface area contributed by atoms with Gasteiger partial charge in [0.2, 0.25) is 0 Å². The largest absolute Gasteiger partial charge is 0.419 e. The van der Waals surface area contributed by atoms with Crippen molar-refractivity contribution in [3.05, 3.63) is 45.8 Å². The highest BCUT2D eigenvalue weighted by atomic mass is 19.1. The lowest BCUT2D eigenvalue weighted by atomic mass is 10.2. The first-order valence-electron chi connectivity index (χ1n) is 3.90. The third-order valence-electron chi connectivity index (χ3n) is 1.86. The second-order valence-electron chi connectivity index (χ2n) is 2.93. The molecule has 0 bridgehead atoms. The van der Waals surface area contributed by atoms with Crippen molar-refractivity contribution in [2.45, 2.75) is 6.92 Å². The molecule has 0 unspecified atom stereocenters. The first kappa shape index (κ1) is 8.87. The van der Waals surface area contributed by atoms with Crippen LogP contribution in [0, 0.1) is 24.6 Å². The lowest BCUT2D eigenvalue weighted by molar-refractivity contribution is 0.511. The van der Waals surface area contributed by atoms with Crippen LogP contribution >= 0.6 is 0 Å².